The number of carboxylic acid groups (broad SMARTS) is 1. The summed E-state index contributed by atoms with van der Waals surface area (Å²) in [6.45, 7) is 4.32. The molecule has 0 unspecified atom stereocenters. The van der Waals surface area contributed by atoms with Crippen molar-refractivity contribution in [1.82, 2.24) is 20.1 Å². The lowest BCUT2D eigenvalue weighted by molar-refractivity contribution is -0.141. The highest BCUT2D eigenvalue weighted by Gasteiger charge is 2.35. The zero-order chi connectivity index (χ0) is 13.3. The second kappa shape index (κ2) is 4.75. The molecule has 1 fully saturated rings. The standard InChI is InChI=1S/C11H16N4O3/c1-6(2)8-12-9(14-13-8)10(16)15-5-3-4-7(15)11(17)18/h6-7H,3-5H2,1-2H3,(H,17,18)(H,12,13,14)/t7-/m1/s1. The number of amides is 1. The molecule has 98 valence electrons. The van der Waals surface area contributed by atoms with E-state index >= 15 is 0 Å². The third-order valence-corrected chi connectivity index (χ3v) is 3.04. The van der Waals surface area contributed by atoms with Crippen LogP contribution in [0.1, 0.15) is 49.1 Å². The first kappa shape index (κ1) is 12.5. The van der Waals surface area contributed by atoms with Crippen LogP contribution in [0.3, 0.4) is 0 Å². The van der Waals surface area contributed by atoms with Gasteiger partial charge in [-0.3, -0.25) is 9.89 Å². The summed E-state index contributed by atoms with van der Waals surface area (Å²) in [5.74, 6) is -0.562. The number of hydrogen-bond donors (Lipinski definition) is 2. The Labute approximate surface area is 104 Å². The van der Waals surface area contributed by atoms with E-state index in [2.05, 4.69) is 15.2 Å². The molecule has 0 aliphatic carbocycles. The van der Waals surface area contributed by atoms with Gasteiger partial charge in [0.25, 0.3) is 5.91 Å². The predicted molar refractivity (Wildman–Crippen MR) is 62.2 cm³/mol. The Morgan fingerprint density at radius 1 is 1.50 bits per heavy atom. The highest BCUT2D eigenvalue weighted by Crippen LogP contribution is 2.19. The number of rotatable bonds is 3. The summed E-state index contributed by atoms with van der Waals surface area (Å²) < 4.78 is 0. The van der Waals surface area contributed by atoms with Crippen molar-refractivity contribution in [2.75, 3.05) is 6.54 Å². The second-order valence-electron chi connectivity index (χ2n) is 4.69. The number of aromatic nitrogens is 3. The van der Waals surface area contributed by atoms with Crippen molar-refractivity contribution >= 4 is 11.9 Å². The van der Waals surface area contributed by atoms with Gasteiger partial charge in [0.1, 0.15) is 11.9 Å². The number of aromatic amines is 1. The van der Waals surface area contributed by atoms with Crippen LogP contribution in [-0.2, 0) is 4.79 Å². The van der Waals surface area contributed by atoms with Crippen molar-refractivity contribution < 1.29 is 14.7 Å². The Kier molecular flexibility index (Phi) is 3.31. The van der Waals surface area contributed by atoms with Crippen LogP contribution in [0.2, 0.25) is 0 Å². The third-order valence-electron chi connectivity index (χ3n) is 3.04. The number of nitrogens with zero attached hydrogens (tertiary/aromatic N) is 3. The smallest absolute Gasteiger partial charge is 0.326 e. The molecule has 0 bridgehead atoms. The summed E-state index contributed by atoms with van der Waals surface area (Å²) in [5, 5.41) is 15.6. The van der Waals surface area contributed by atoms with Gasteiger partial charge in [-0.15, -0.1) is 5.10 Å². The summed E-state index contributed by atoms with van der Waals surface area (Å²) in [6, 6.07) is -0.751. The number of hydrogen-bond acceptors (Lipinski definition) is 4. The van der Waals surface area contributed by atoms with E-state index in [0.717, 1.165) is 0 Å². The van der Waals surface area contributed by atoms with E-state index < -0.39 is 17.9 Å². The van der Waals surface area contributed by atoms with Gasteiger partial charge in [0, 0.05) is 12.5 Å². The molecule has 0 spiro atoms. The fourth-order valence-corrected chi connectivity index (χ4v) is 2.02. The summed E-state index contributed by atoms with van der Waals surface area (Å²) in [7, 11) is 0. The maximum Gasteiger partial charge on any atom is 0.326 e. The monoisotopic (exact) mass is 252 g/mol. The van der Waals surface area contributed by atoms with E-state index in [1.54, 1.807) is 0 Å². The molecule has 1 aromatic rings. The van der Waals surface area contributed by atoms with Crippen LogP contribution in [0.4, 0.5) is 0 Å². The van der Waals surface area contributed by atoms with E-state index in [1.165, 1.54) is 4.90 Å². The van der Waals surface area contributed by atoms with Crippen molar-refractivity contribution in [3.63, 3.8) is 0 Å². The fraction of sp³-hybridized carbons (Fsp3) is 0.636. The third kappa shape index (κ3) is 2.20. The van der Waals surface area contributed by atoms with Gasteiger partial charge in [-0.25, -0.2) is 9.78 Å². The van der Waals surface area contributed by atoms with Crippen molar-refractivity contribution in [3.05, 3.63) is 11.6 Å². The second-order valence-corrected chi connectivity index (χ2v) is 4.69. The van der Waals surface area contributed by atoms with Crippen LogP contribution >= 0.6 is 0 Å². The van der Waals surface area contributed by atoms with Crippen LogP contribution in [0.5, 0.6) is 0 Å². The molecule has 2 N–H and O–H groups in total. The molecule has 18 heavy (non-hydrogen) atoms. The zero-order valence-electron chi connectivity index (χ0n) is 10.4. The predicted octanol–water partition coefficient (Wildman–Crippen LogP) is 0.617. The molecular formula is C11H16N4O3. The van der Waals surface area contributed by atoms with Gasteiger partial charge in [0.2, 0.25) is 5.82 Å². The van der Waals surface area contributed by atoms with Gasteiger partial charge in [-0.1, -0.05) is 13.8 Å². The van der Waals surface area contributed by atoms with E-state index in [-0.39, 0.29) is 11.7 Å². The van der Waals surface area contributed by atoms with Crippen molar-refractivity contribution in [2.45, 2.75) is 38.6 Å². The Hall–Kier alpha value is -1.92. The molecular weight excluding hydrogens is 236 g/mol. The maximum atomic E-state index is 12.1. The summed E-state index contributed by atoms with van der Waals surface area (Å²) in [5.41, 5.74) is 0. The topological polar surface area (TPSA) is 99.2 Å². The van der Waals surface area contributed by atoms with E-state index in [4.69, 9.17) is 5.11 Å². The summed E-state index contributed by atoms with van der Waals surface area (Å²) >= 11 is 0. The molecule has 1 aliphatic rings. The Morgan fingerprint density at radius 2 is 2.22 bits per heavy atom. The van der Waals surface area contributed by atoms with Gasteiger partial charge in [0.05, 0.1) is 0 Å². The number of likely N-dealkylation sites (tertiary alicyclic amines) is 1. The molecule has 1 aromatic heterocycles. The largest absolute Gasteiger partial charge is 0.480 e. The molecule has 7 heteroatoms. The molecule has 2 rings (SSSR count). The molecule has 1 aliphatic heterocycles. The number of nitrogens with one attached hydrogen (secondary N) is 1. The highest BCUT2D eigenvalue weighted by atomic mass is 16.4. The van der Waals surface area contributed by atoms with Gasteiger partial charge in [-0.05, 0) is 12.8 Å². The minimum atomic E-state index is -0.972. The SMILES string of the molecule is CC(C)c1nc(C(=O)N2CCC[C@@H]2C(=O)O)n[nH]1. The number of aliphatic carboxylic acids is 1. The first-order valence-electron chi connectivity index (χ1n) is 5.96. The van der Waals surface area contributed by atoms with E-state index in [1.807, 2.05) is 13.8 Å². The van der Waals surface area contributed by atoms with E-state index in [9.17, 15) is 9.59 Å². The summed E-state index contributed by atoms with van der Waals surface area (Å²) in [4.78, 5) is 28.6. The summed E-state index contributed by atoms with van der Waals surface area (Å²) in [6.07, 6.45) is 1.19. The first-order chi connectivity index (χ1) is 8.50. The average molecular weight is 252 g/mol. The lowest BCUT2D eigenvalue weighted by Gasteiger charge is -2.19. The van der Waals surface area contributed by atoms with Crippen molar-refractivity contribution in [1.29, 1.82) is 0 Å². The average Bonchev–Trinajstić information content (AvgIpc) is 2.97. The Balaban J connectivity index is 2.17. The molecule has 0 radical (unpaired) electrons. The van der Waals surface area contributed by atoms with Crippen LogP contribution in [0, 0.1) is 0 Å². The molecule has 0 saturated carbocycles. The minimum Gasteiger partial charge on any atom is -0.480 e. The first-order valence-corrected chi connectivity index (χ1v) is 5.96. The highest BCUT2D eigenvalue weighted by molar-refractivity contribution is 5.93. The Morgan fingerprint density at radius 3 is 2.78 bits per heavy atom. The zero-order valence-corrected chi connectivity index (χ0v) is 10.4. The van der Waals surface area contributed by atoms with Crippen LogP contribution in [-0.4, -0.2) is 49.7 Å². The normalized spacial score (nSPS) is 19.5. The van der Waals surface area contributed by atoms with Crippen LogP contribution in [0.25, 0.3) is 0 Å². The number of carbonyl (C=O) groups excluding carboxylic acids is 1. The lowest BCUT2D eigenvalue weighted by Crippen LogP contribution is -2.40. The number of carbonyl (C=O) groups is 2. The fourth-order valence-electron chi connectivity index (χ4n) is 2.02. The van der Waals surface area contributed by atoms with Gasteiger partial charge in [0.15, 0.2) is 0 Å². The van der Waals surface area contributed by atoms with Crippen molar-refractivity contribution in [3.8, 4) is 0 Å². The molecule has 2 heterocycles. The molecule has 7 nitrogen and oxygen atoms in total. The maximum absolute atomic E-state index is 12.1. The van der Waals surface area contributed by atoms with E-state index in [0.29, 0.717) is 25.2 Å². The number of carboxylic acids is 1. The molecule has 1 atom stereocenters. The van der Waals surface area contributed by atoms with Crippen molar-refractivity contribution in [2.24, 2.45) is 0 Å². The Bertz CT molecular complexity index is 469. The van der Waals surface area contributed by atoms with Gasteiger partial charge >= 0.3 is 5.97 Å². The van der Waals surface area contributed by atoms with Gasteiger partial charge in [-0.2, -0.15) is 0 Å². The molecule has 1 amide bonds. The molecule has 1 saturated heterocycles. The minimum absolute atomic E-state index is 0.0480. The quantitative estimate of drug-likeness (QED) is 0.821. The lowest BCUT2D eigenvalue weighted by atomic mass is 10.2. The van der Waals surface area contributed by atoms with Crippen LogP contribution in [0.15, 0.2) is 0 Å². The van der Waals surface area contributed by atoms with Crippen LogP contribution < -0.4 is 0 Å². The number of H-pyrrole nitrogens is 1. The van der Waals surface area contributed by atoms with Gasteiger partial charge < -0.3 is 10.0 Å². The molecule has 0 aromatic carbocycles.